The van der Waals surface area contributed by atoms with Crippen LogP contribution in [-0.4, -0.2) is 65.7 Å². The van der Waals surface area contributed by atoms with Gasteiger partial charge in [-0.15, -0.1) is 0 Å². The molecule has 8 nitrogen and oxygen atoms in total. The number of hydrazone groups is 1. The monoisotopic (exact) mass is 562 g/mol. The standard InChI is InChI=1S/C26H29ClF2N6O2S/c1-15-13-34(26(38)32-31-11-18-6-4-5-7-21(18)27)14-16(2)35(15)25-22(28)8-19(9-23(25)29)24-10-20(37-33-24)12-30-17(3)36/h4-9,11,15-16,20H,10,12-14H2,1-3H3,(H,30,36)(H,32,38)/b31-11-. The van der Waals surface area contributed by atoms with Crippen LogP contribution >= 0.6 is 23.8 Å². The molecule has 1 saturated heterocycles. The molecule has 1 amide bonds. The highest BCUT2D eigenvalue weighted by Crippen LogP contribution is 2.32. The molecule has 0 bridgehead atoms. The highest BCUT2D eigenvalue weighted by molar-refractivity contribution is 7.80. The second-order valence-electron chi connectivity index (χ2n) is 9.40. The average molecular weight is 563 g/mol. The van der Waals surface area contributed by atoms with Gasteiger partial charge in [0, 0.05) is 54.7 Å². The third-order valence-corrected chi connectivity index (χ3v) is 7.09. The number of oxime groups is 1. The fourth-order valence-electron chi connectivity index (χ4n) is 4.68. The van der Waals surface area contributed by atoms with Gasteiger partial charge >= 0.3 is 0 Å². The lowest BCUT2D eigenvalue weighted by Gasteiger charge is -2.46. The maximum Gasteiger partial charge on any atom is 0.217 e. The minimum atomic E-state index is -0.676. The first kappa shape index (κ1) is 27.7. The van der Waals surface area contributed by atoms with E-state index in [4.69, 9.17) is 28.7 Å². The quantitative estimate of drug-likeness (QED) is 0.314. The van der Waals surface area contributed by atoms with Crippen LogP contribution in [0.5, 0.6) is 0 Å². The fourth-order valence-corrected chi connectivity index (χ4v) is 5.07. The van der Waals surface area contributed by atoms with E-state index in [9.17, 15) is 4.79 Å². The first-order valence-electron chi connectivity index (χ1n) is 12.2. The van der Waals surface area contributed by atoms with Gasteiger partial charge in [0.25, 0.3) is 0 Å². The number of benzene rings is 2. The zero-order valence-corrected chi connectivity index (χ0v) is 22.8. The van der Waals surface area contributed by atoms with Crippen LogP contribution in [-0.2, 0) is 9.63 Å². The predicted octanol–water partition coefficient (Wildman–Crippen LogP) is 4.05. The van der Waals surface area contributed by atoms with Gasteiger partial charge in [-0.3, -0.25) is 10.2 Å². The molecule has 0 spiro atoms. The number of piperazine rings is 1. The molecule has 3 atom stereocenters. The third-order valence-electron chi connectivity index (χ3n) is 6.40. The van der Waals surface area contributed by atoms with Crippen LogP contribution in [0.15, 0.2) is 46.7 Å². The van der Waals surface area contributed by atoms with Gasteiger partial charge in [0.15, 0.2) is 5.11 Å². The van der Waals surface area contributed by atoms with Crippen LogP contribution in [0.25, 0.3) is 0 Å². The number of nitrogens with zero attached hydrogens (tertiary/aromatic N) is 4. The largest absolute Gasteiger partial charge is 0.390 e. The Hall–Kier alpha value is -3.31. The van der Waals surface area contributed by atoms with Crippen molar-refractivity contribution in [3.63, 3.8) is 0 Å². The number of rotatable bonds is 6. The summed E-state index contributed by atoms with van der Waals surface area (Å²) in [5.41, 5.74) is 4.28. The minimum absolute atomic E-state index is 0.0849. The molecule has 2 N–H and O–H groups in total. The number of nitrogens with one attached hydrogen (secondary N) is 2. The Bertz CT molecular complexity index is 1240. The van der Waals surface area contributed by atoms with Crippen molar-refractivity contribution in [2.45, 2.75) is 45.4 Å². The summed E-state index contributed by atoms with van der Waals surface area (Å²) in [6, 6.07) is 9.39. The van der Waals surface area contributed by atoms with Gasteiger partial charge < -0.3 is 20.0 Å². The molecular weight excluding hydrogens is 534 g/mol. The maximum absolute atomic E-state index is 15.3. The molecule has 3 unspecified atom stereocenters. The van der Waals surface area contributed by atoms with Crippen molar-refractivity contribution in [1.29, 1.82) is 0 Å². The number of anilines is 1. The molecule has 2 aliphatic rings. The summed E-state index contributed by atoms with van der Waals surface area (Å²) < 4.78 is 30.7. The van der Waals surface area contributed by atoms with Gasteiger partial charge in [0.1, 0.15) is 23.4 Å². The SMILES string of the molecule is CC(=O)NCC1CC(c2cc(F)c(N3C(C)CN(C(=S)N/N=C\c4ccccc4Cl)CC3C)c(F)c2)=NO1. The second kappa shape index (κ2) is 12.0. The topological polar surface area (TPSA) is 81.6 Å². The minimum Gasteiger partial charge on any atom is -0.390 e. The molecule has 4 rings (SSSR count). The van der Waals surface area contributed by atoms with E-state index in [1.54, 1.807) is 17.2 Å². The molecule has 202 valence electrons. The van der Waals surface area contributed by atoms with Crippen molar-refractivity contribution in [3.8, 4) is 0 Å². The first-order chi connectivity index (χ1) is 18.1. The molecule has 38 heavy (non-hydrogen) atoms. The van der Waals surface area contributed by atoms with Crippen molar-refractivity contribution < 1.29 is 18.4 Å². The summed E-state index contributed by atoms with van der Waals surface area (Å²) in [5.74, 6) is -1.54. The normalized spacial score (nSPS) is 21.3. The summed E-state index contributed by atoms with van der Waals surface area (Å²) in [6.07, 6.45) is 1.55. The lowest BCUT2D eigenvalue weighted by molar-refractivity contribution is -0.119. The highest BCUT2D eigenvalue weighted by Gasteiger charge is 2.34. The van der Waals surface area contributed by atoms with Gasteiger partial charge in [-0.05, 0) is 44.3 Å². The molecular formula is C26H29ClF2N6O2S. The van der Waals surface area contributed by atoms with E-state index in [0.29, 0.717) is 40.9 Å². The van der Waals surface area contributed by atoms with Gasteiger partial charge in [-0.1, -0.05) is 35.0 Å². The Kier molecular flexibility index (Phi) is 8.78. The Balaban J connectivity index is 1.41. The van der Waals surface area contributed by atoms with Crippen LogP contribution in [0.1, 0.15) is 38.3 Å². The van der Waals surface area contributed by atoms with Gasteiger partial charge in [0.2, 0.25) is 5.91 Å². The zero-order valence-electron chi connectivity index (χ0n) is 21.2. The zero-order chi connectivity index (χ0) is 27.4. The summed E-state index contributed by atoms with van der Waals surface area (Å²) in [6.45, 7) is 6.36. The Morgan fingerprint density at radius 2 is 1.89 bits per heavy atom. The molecule has 0 saturated carbocycles. The number of hydrogen-bond donors (Lipinski definition) is 2. The lowest BCUT2D eigenvalue weighted by atomic mass is 10.0. The molecule has 12 heteroatoms. The summed E-state index contributed by atoms with van der Waals surface area (Å²) in [4.78, 5) is 20.1. The van der Waals surface area contributed by atoms with Crippen LogP contribution in [0.4, 0.5) is 14.5 Å². The van der Waals surface area contributed by atoms with Gasteiger partial charge in [0.05, 0.1) is 18.5 Å². The first-order valence-corrected chi connectivity index (χ1v) is 13.0. The summed E-state index contributed by atoms with van der Waals surface area (Å²) in [7, 11) is 0. The van der Waals surface area contributed by atoms with Gasteiger partial charge in [-0.2, -0.15) is 5.10 Å². The average Bonchev–Trinajstić information content (AvgIpc) is 3.34. The Morgan fingerprint density at radius 3 is 2.53 bits per heavy atom. The van der Waals surface area contributed by atoms with Crippen LogP contribution in [0.3, 0.4) is 0 Å². The molecule has 1 fully saturated rings. The second-order valence-corrected chi connectivity index (χ2v) is 10.2. The van der Waals surface area contributed by atoms with E-state index in [1.807, 2.05) is 36.9 Å². The van der Waals surface area contributed by atoms with E-state index < -0.39 is 11.6 Å². The molecule has 2 aromatic carbocycles. The van der Waals surface area contributed by atoms with Crippen molar-refractivity contribution >= 4 is 52.5 Å². The van der Waals surface area contributed by atoms with Gasteiger partial charge in [-0.25, -0.2) is 8.78 Å². The fraction of sp³-hybridized carbons (Fsp3) is 0.385. The van der Waals surface area contributed by atoms with Crippen LogP contribution in [0, 0.1) is 11.6 Å². The molecule has 2 aliphatic heterocycles. The smallest absolute Gasteiger partial charge is 0.217 e. The number of carbonyl (C=O) groups excluding carboxylic acids is 1. The van der Waals surface area contributed by atoms with Crippen LogP contribution in [0.2, 0.25) is 5.02 Å². The Labute approximate surface area is 230 Å². The number of amides is 1. The van der Waals surface area contributed by atoms with E-state index in [0.717, 1.165) is 5.56 Å². The highest BCUT2D eigenvalue weighted by atomic mass is 35.5. The van der Waals surface area contributed by atoms with E-state index >= 15 is 8.78 Å². The molecule has 0 radical (unpaired) electrons. The van der Waals surface area contributed by atoms with Crippen molar-refractivity contribution in [1.82, 2.24) is 15.6 Å². The summed E-state index contributed by atoms with van der Waals surface area (Å²) >= 11 is 11.7. The van der Waals surface area contributed by atoms with Crippen molar-refractivity contribution in [3.05, 3.63) is 64.2 Å². The van der Waals surface area contributed by atoms with Crippen molar-refractivity contribution in [2.24, 2.45) is 10.3 Å². The number of halogens is 3. The number of thiocarbonyl (C=S) groups is 1. The molecule has 2 aromatic rings. The van der Waals surface area contributed by atoms with E-state index in [2.05, 4.69) is 21.0 Å². The lowest BCUT2D eigenvalue weighted by Crippen LogP contribution is -2.60. The number of carbonyl (C=O) groups is 1. The predicted molar refractivity (Wildman–Crippen MR) is 149 cm³/mol. The summed E-state index contributed by atoms with van der Waals surface area (Å²) in [5, 5.41) is 11.8. The molecule has 2 heterocycles. The van der Waals surface area contributed by atoms with Crippen LogP contribution < -0.4 is 15.6 Å². The third kappa shape index (κ3) is 6.39. The molecule has 0 aliphatic carbocycles. The van der Waals surface area contributed by atoms with Crippen molar-refractivity contribution in [2.75, 3.05) is 24.5 Å². The Morgan fingerprint density at radius 1 is 1.24 bits per heavy atom. The number of hydrogen-bond acceptors (Lipinski definition) is 6. The molecule has 0 aromatic heterocycles. The maximum atomic E-state index is 15.3. The van der Waals surface area contributed by atoms with E-state index in [1.165, 1.54) is 19.1 Å². The van der Waals surface area contributed by atoms with E-state index in [-0.39, 0.29) is 36.3 Å².